The normalized spacial score (nSPS) is 15.2. The Morgan fingerprint density at radius 2 is 1.96 bits per heavy atom. The predicted molar refractivity (Wildman–Crippen MR) is 96.7 cm³/mol. The number of rotatable bonds is 2. The van der Waals surface area contributed by atoms with Crippen LogP contribution in [0.4, 0.5) is 4.39 Å². The van der Waals surface area contributed by atoms with E-state index in [1.807, 2.05) is 19.1 Å². The first kappa shape index (κ1) is 17.1. The average Bonchev–Trinajstić information content (AvgIpc) is 2.61. The minimum atomic E-state index is -3.77. The molecule has 0 saturated heterocycles. The molecule has 0 saturated carbocycles. The lowest BCUT2D eigenvalue weighted by Gasteiger charge is -2.28. The second-order valence-electron chi connectivity index (χ2n) is 6.65. The molecule has 0 N–H and O–H groups in total. The molecule has 134 valence electrons. The van der Waals surface area contributed by atoms with Crippen LogP contribution in [0.1, 0.15) is 22.4 Å². The molecule has 1 aliphatic heterocycles. The lowest BCUT2D eigenvalue weighted by Crippen LogP contribution is -2.36. The Bertz CT molecular complexity index is 1130. The molecule has 7 heteroatoms. The van der Waals surface area contributed by atoms with Crippen LogP contribution in [0.2, 0.25) is 0 Å². The maximum atomic E-state index is 13.6. The molecule has 2 aromatic heterocycles. The molecule has 4 rings (SSSR count). The zero-order valence-corrected chi connectivity index (χ0v) is 15.3. The van der Waals surface area contributed by atoms with Gasteiger partial charge in [0.15, 0.2) is 5.65 Å². The third kappa shape index (κ3) is 2.87. The van der Waals surface area contributed by atoms with Gasteiger partial charge in [-0.2, -0.15) is 4.31 Å². The first-order valence-corrected chi connectivity index (χ1v) is 9.80. The smallest absolute Gasteiger partial charge is 0.236 e. The molecule has 1 aliphatic rings. The van der Waals surface area contributed by atoms with Crippen molar-refractivity contribution >= 4 is 21.1 Å². The van der Waals surface area contributed by atoms with E-state index in [4.69, 9.17) is 0 Å². The molecule has 0 spiro atoms. The van der Waals surface area contributed by atoms with Crippen LogP contribution in [0.15, 0.2) is 41.4 Å². The van der Waals surface area contributed by atoms with Gasteiger partial charge in [-0.15, -0.1) is 0 Å². The summed E-state index contributed by atoms with van der Waals surface area (Å²) in [6, 6.07) is 7.79. The number of pyridine rings is 2. The molecule has 0 radical (unpaired) electrons. The number of sulfonamides is 1. The average molecular weight is 371 g/mol. The van der Waals surface area contributed by atoms with Gasteiger partial charge in [0.05, 0.1) is 4.90 Å². The minimum absolute atomic E-state index is 0.0206. The number of nitrogens with zero attached hydrogens (tertiary/aromatic N) is 3. The summed E-state index contributed by atoms with van der Waals surface area (Å²) in [6.07, 6.45) is 2.28. The van der Waals surface area contributed by atoms with Crippen molar-refractivity contribution in [3.05, 3.63) is 64.7 Å². The van der Waals surface area contributed by atoms with Crippen LogP contribution in [0.3, 0.4) is 0 Å². The Balaban J connectivity index is 1.74. The van der Waals surface area contributed by atoms with E-state index in [-0.39, 0.29) is 11.4 Å². The number of hydrogen-bond acceptors (Lipinski definition) is 4. The zero-order chi connectivity index (χ0) is 18.5. The van der Waals surface area contributed by atoms with E-state index in [0.29, 0.717) is 24.2 Å². The van der Waals surface area contributed by atoms with Gasteiger partial charge >= 0.3 is 0 Å². The summed E-state index contributed by atoms with van der Waals surface area (Å²) in [7, 11) is -3.77. The standard InChI is InChI=1S/C19H18FN3O2S/c1-12-7-14-8-15-11-23(6-5-17(15)22-19(14)21-10-12)26(24,25)18-9-16(20)4-3-13(18)2/h3-4,7-10H,5-6,11H2,1-2H3. The van der Waals surface area contributed by atoms with Crippen molar-refractivity contribution in [3.8, 4) is 0 Å². The lowest BCUT2D eigenvalue weighted by atomic mass is 10.1. The van der Waals surface area contributed by atoms with Gasteiger partial charge in [0.1, 0.15) is 5.82 Å². The summed E-state index contributed by atoms with van der Waals surface area (Å²) < 4.78 is 41.0. The maximum absolute atomic E-state index is 13.6. The Morgan fingerprint density at radius 1 is 1.15 bits per heavy atom. The fourth-order valence-electron chi connectivity index (χ4n) is 3.30. The number of halogens is 1. The predicted octanol–water partition coefficient (Wildman–Crippen LogP) is 3.13. The second-order valence-corrected chi connectivity index (χ2v) is 8.56. The molecule has 3 aromatic rings. The van der Waals surface area contributed by atoms with Gasteiger partial charge in [0, 0.05) is 36.8 Å². The summed E-state index contributed by atoms with van der Waals surface area (Å²) in [6.45, 7) is 4.17. The summed E-state index contributed by atoms with van der Waals surface area (Å²) in [5, 5.41) is 0.893. The van der Waals surface area contributed by atoms with Gasteiger partial charge < -0.3 is 0 Å². The summed E-state index contributed by atoms with van der Waals surface area (Å²) in [4.78, 5) is 8.95. The summed E-state index contributed by atoms with van der Waals surface area (Å²) in [5.74, 6) is -0.555. The Kier molecular flexibility index (Phi) is 4.00. The zero-order valence-electron chi connectivity index (χ0n) is 14.5. The first-order valence-electron chi connectivity index (χ1n) is 8.36. The van der Waals surface area contributed by atoms with Crippen molar-refractivity contribution in [2.24, 2.45) is 0 Å². The van der Waals surface area contributed by atoms with Crippen molar-refractivity contribution in [1.29, 1.82) is 0 Å². The summed E-state index contributed by atoms with van der Waals surface area (Å²) in [5.41, 5.74) is 3.97. The third-order valence-corrected chi connectivity index (χ3v) is 6.67. The molecule has 0 aliphatic carbocycles. The molecule has 0 atom stereocenters. The molecule has 0 bridgehead atoms. The maximum Gasteiger partial charge on any atom is 0.243 e. The highest BCUT2D eigenvalue weighted by atomic mass is 32.2. The van der Waals surface area contributed by atoms with E-state index < -0.39 is 15.8 Å². The van der Waals surface area contributed by atoms with Crippen molar-refractivity contribution in [2.75, 3.05) is 6.54 Å². The first-order chi connectivity index (χ1) is 12.3. The Labute approximate surface area is 151 Å². The van der Waals surface area contributed by atoms with Gasteiger partial charge in [0.2, 0.25) is 10.0 Å². The molecule has 0 fully saturated rings. The Morgan fingerprint density at radius 3 is 2.77 bits per heavy atom. The Hall–Kier alpha value is -2.38. The van der Waals surface area contributed by atoms with Crippen LogP contribution in [-0.4, -0.2) is 29.2 Å². The molecule has 3 heterocycles. The van der Waals surface area contributed by atoms with Crippen LogP contribution >= 0.6 is 0 Å². The van der Waals surface area contributed by atoms with Crippen molar-refractivity contribution in [1.82, 2.24) is 14.3 Å². The van der Waals surface area contributed by atoms with Crippen LogP contribution in [0.5, 0.6) is 0 Å². The van der Waals surface area contributed by atoms with Crippen LogP contribution < -0.4 is 0 Å². The highest BCUT2D eigenvalue weighted by molar-refractivity contribution is 7.89. The van der Waals surface area contributed by atoms with E-state index in [0.717, 1.165) is 28.3 Å². The molecule has 1 aromatic carbocycles. The molecule has 0 unspecified atom stereocenters. The molecular formula is C19H18FN3O2S. The fourth-order valence-corrected chi connectivity index (χ4v) is 4.96. The lowest BCUT2D eigenvalue weighted by molar-refractivity contribution is 0.388. The number of fused-ring (bicyclic) bond motifs is 2. The highest BCUT2D eigenvalue weighted by Crippen LogP contribution is 2.28. The number of aryl methyl sites for hydroxylation is 2. The van der Waals surface area contributed by atoms with Gasteiger partial charge in [-0.3, -0.25) is 0 Å². The molecule has 5 nitrogen and oxygen atoms in total. The molecule has 26 heavy (non-hydrogen) atoms. The van der Waals surface area contributed by atoms with Gasteiger partial charge in [0.25, 0.3) is 0 Å². The van der Waals surface area contributed by atoms with Crippen molar-refractivity contribution in [2.45, 2.75) is 31.7 Å². The van der Waals surface area contributed by atoms with Gasteiger partial charge in [-0.25, -0.2) is 22.8 Å². The number of benzene rings is 1. The quantitative estimate of drug-likeness (QED) is 0.694. The van der Waals surface area contributed by atoms with Crippen LogP contribution in [-0.2, 0) is 23.0 Å². The minimum Gasteiger partial charge on any atom is -0.236 e. The van der Waals surface area contributed by atoms with Crippen LogP contribution in [0.25, 0.3) is 11.0 Å². The second kappa shape index (κ2) is 6.10. The fraction of sp³-hybridized carbons (Fsp3) is 0.263. The van der Waals surface area contributed by atoms with E-state index in [1.165, 1.54) is 16.4 Å². The van der Waals surface area contributed by atoms with Gasteiger partial charge in [-0.1, -0.05) is 6.07 Å². The van der Waals surface area contributed by atoms with Gasteiger partial charge in [-0.05, 0) is 54.8 Å². The van der Waals surface area contributed by atoms with Crippen LogP contribution in [0, 0.1) is 19.7 Å². The molecule has 0 amide bonds. The SMILES string of the molecule is Cc1cnc2nc3c(cc2c1)CN(S(=O)(=O)c1cc(F)ccc1C)CC3. The van der Waals surface area contributed by atoms with E-state index in [2.05, 4.69) is 9.97 Å². The molecular weight excluding hydrogens is 353 g/mol. The largest absolute Gasteiger partial charge is 0.243 e. The van der Waals surface area contributed by atoms with E-state index >= 15 is 0 Å². The summed E-state index contributed by atoms with van der Waals surface area (Å²) >= 11 is 0. The number of hydrogen-bond donors (Lipinski definition) is 0. The van der Waals surface area contributed by atoms with Crippen molar-refractivity contribution < 1.29 is 12.8 Å². The highest BCUT2D eigenvalue weighted by Gasteiger charge is 2.30. The van der Waals surface area contributed by atoms with Crippen molar-refractivity contribution in [3.63, 3.8) is 0 Å². The van der Waals surface area contributed by atoms with E-state index in [1.54, 1.807) is 13.1 Å². The monoisotopic (exact) mass is 371 g/mol. The topological polar surface area (TPSA) is 63.2 Å². The number of aromatic nitrogens is 2. The third-order valence-electron chi connectivity index (χ3n) is 4.69. The van der Waals surface area contributed by atoms with E-state index in [9.17, 15) is 12.8 Å².